The van der Waals surface area contributed by atoms with Gasteiger partial charge >= 0.3 is 5.69 Å². The molecule has 0 saturated carbocycles. The van der Waals surface area contributed by atoms with Crippen LogP contribution in [0.4, 0.5) is 0 Å². The number of halogens is 1. The summed E-state index contributed by atoms with van der Waals surface area (Å²) in [5.41, 5.74) is 2.39. The highest BCUT2D eigenvalue weighted by atomic mass is 79.9. The van der Waals surface area contributed by atoms with E-state index in [0.717, 1.165) is 20.2 Å². The Balaban J connectivity index is 1.95. The summed E-state index contributed by atoms with van der Waals surface area (Å²) in [6, 6.07) is 17.3. The monoisotopic (exact) mass is 463 g/mol. The van der Waals surface area contributed by atoms with E-state index in [2.05, 4.69) is 27.0 Å². The first-order chi connectivity index (χ1) is 14.4. The zero-order chi connectivity index (χ0) is 21.4. The Morgan fingerprint density at radius 2 is 1.77 bits per heavy atom. The molecule has 4 rings (SSSR count). The maximum atomic E-state index is 13.0. The van der Waals surface area contributed by atoms with Gasteiger partial charge in [-0.3, -0.25) is 13.9 Å². The number of fused-ring (bicyclic) bond motifs is 1. The predicted octanol–water partition coefficient (Wildman–Crippen LogP) is 2.71. The second-order valence-electron chi connectivity index (χ2n) is 7.11. The van der Waals surface area contributed by atoms with Crippen LogP contribution in [0.5, 0.6) is 0 Å². The van der Waals surface area contributed by atoms with Crippen molar-refractivity contribution in [3.05, 3.63) is 96.4 Å². The van der Waals surface area contributed by atoms with E-state index < -0.39 is 5.69 Å². The smallest absolute Gasteiger partial charge is 0.317 e. The van der Waals surface area contributed by atoms with Gasteiger partial charge in [0.15, 0.2) is 11.2 Å². The van der Waals surface area contributed by atoms with Gasteiger partial charge in [0.05, 0.1) is 11.6 Å². The van der Waals surface area contributed by atoms with E-state index in [1.807, 2.05) is 41.0 Å². The van der Waals surface area contributed by atoms with Gasteiger partial charge < -0.3 is 4.57 Å². The summed E-state index contributed by atoms with van der Waals surface area (Å²) in [7, 11) is 3.08. The molecule has 30 heavy (non-hydrogen) atoms. The first-order valence-corrected chi connectivity index (χ1v) is 10.1. The number of aryl methyl sites for hydroxylation is 1. The van der Waals surface area contributed by atoms with Crippen LogP contribution in [0.15, 0.2) is 62.6 Å². The van der Waals surface area contributed by atoms with Crippen LogP contribution in [0.2, 0.25) is 0 Å². The minimum absolute atomic E-state index is 0.351. The standard InChI is InChI=1S/C22H18BrN5O2/c1-26-20-19(21(29)27(2)22(26)30)28(13-16-7-4-8-17(23)10-16)18(25-20)11-14-5-3-6-15(9-14)12-24/h3-10H,11,13H2,1-2H3. The van der Waals surface area contributed by atoms with Gasteiger partial charge in [-0.05, 0) is 35.4 Å². The van der Waals surface area contributed by atoms with Crippen molar-refractivity contribution in [3.63, 3.8) is 0 Å². The number of hydrogen-bond acceptors (Lipinski definition) is 4. The zero-order valence-corrected chi connectivity index (χ0v) is 18.0. The molecule has 0 amide bonds. The van der Waals surface area contributed by atoms with E-state index in [1.165, 1.54) is 11.6 Å². The van der Waals surface area contributed by atoms with Crippen molar-refractivity contribution in [2.75, 3.05) is 0 Å². The van der Waals surface area contributed by atoms with Crippen molar-refractivity contribution in [1.29, 1.82) is 5.26 Å². The lowest BCUT2D eigenvalue weighted by atomic mass is 10.1. The van der Waals surface area contributed by atoms with Gasteiger partial charge in [-0.2, -0.15) is 5.26 Å². The fourth-order valence-corrected chi connectivity index (χ4v) is 3.99. The molecule has 0 N–H and O–H groups in total. The molecule has 0 saturated heterocycles. The molecule has 0 fully saturated rings. The molecule has 2 aromatic carbocycles. The van der Waals surface area contributed by atoms with Gasteiger partial charge in [-0.25, -0.2) is 9.78 Å². The summed E-state index contributed by atoms with van der Waals surface area (Å²) in [4.78, 5) is 30.0. The number of aromatic nitrogens is 4. The van der Waals surface area contributed by atoms with E-state index in [-0.39, 0.29) is 5.56 Å². The van der Waals surface area contributed by atoms with E-state index in [1.54, 1.807) is 19.2 Å². The number of imidazole rings is 1. The van der Waals surface area contributed by atoms with E-state index >= 15 is 0 Å². The van der Waals surface area contributed by atoms with Crippen molar-refractivity contribution in [2.24, 2.45) is 14.1 Å². The lowest BCUT2D eigenvalue weighted by molar-refractivity contribution is 0.700. The molecule has 0 radical (unpaired) electrons. The molecule has 0 aliphatic carbocycles. The molecule has 0 unspecified atom stereocenters. The average Bonchev–Trinajstić information content (AvgIpc) is 3.09. The molecule has 150 valence electrons. The highest BCUT2D eigenvalue weighted by Crippen LogP contribution is 2.19. The quantitative estimate of drug-likeness (QED) is 0.465. The number of benzene rings is 2. The average molecular weight is 464 g/mol. The Morgan fingerprint density at radius 1 is 1.03 bits per heavy atom. The minimum atomic E-state index is -0.419. The van der Waals surface area contributed by atoms with Crippen LogP contribution in [0, 0.1) is 11.3 Å². The molecular formula is C22H18BrN5O2. The molecule has 2 heterocycles. The van der Waals surface area contributed by atoms with Gasteiger partial charge in [-0.1, -0.05) is 40.2 Å². The van der Waals surface area contributed by atoms with Crippen molar-refractivity contribution in [2.45, 2.75) is 13.0 Å². The van der Waals surface area contributed by atoms with Crippen molar-refractivity contribution in [1.82, 2.24) is 18.7 Å². The second-order valence-corrected chi connectivity index (χ2v) is 8.03. The summed E-state index contributed by atoms with van der Waals surface area (Å²) in [6.07, 6.45) is 0.426. The predicted molar refractivity (Wildman–Crippen MR) is 117 cm³/mol. The number of nitrogens with zero attached hydrogens (tertiary/aromatic N) is 5. The number of rotatable bonds is 4. The fourth-order valence-electron chi connectivity index (χ4n) is 3.55. The van der Waals surface area contributed by atoms with Gasteiger partial charge in [-0.15, -0.1) is 0 Å². The van der Waals surface area contributed by atoms with Crippen molar-refractivity contribution in [3.8, 4) is 6.07 Å². The van der Waals surface area contributed by atoms with Crippen molar-refractivity contribution < 1.29 is 0 Å². The molecule has 0 aliphatic heterocycles. The first kappa shape index (κ1) is 19.9. The SMILES string of the molecule is Cn1c(=O)c2c(nc(Cc3cccc(C#N)c3)n2Cc2cccc(Br)c2)n(C)c1=O. The highest BCUT2D eigenvalue weighted by Gasteiger charge is 2.19. The molecule has 0 bridgehead atoms. The Kier molecular flexibility index (Phi) is 5.14. The van der Waals surface area contributed by atoms with Crippen LogP contribution in [-0.4, -0.2) is 18.7 Å². The Labute approximate surface area is 180 Å². The maximum absolute atomic E-state index is 13.0. The number of hydrogen-bond donors (Lipinski definition) is 0. The van der Waals surface area contributed by atoms with Gasteiger partial charge in [0.2, 0.25) is 0 Å². The van der Waals surface area contributed by atoms with Crippen LogP contribution in [0.25, 0.3) is 11.2 Å². The van der Waals surface area contributed by atoms with E-state index in [4.69, 9.17) is 0 Å². The minimum Gasteiger partial charge on any atom is -0.317 e. The van der Waals surface area contributed by atoms with Crippen LogP contribution < -0.4 is 11.2 Å². The summed E-state index contributed by atoms with van der Waals surface area (Å²) in [5.74, 6) is 0.651. The summed E-state index contributed by atoms with van der Waals surface area (Å²) < 4.78 is 5.29. The van der Waals surface area contributed by atoms with Gasteiger partial charge in [0, 0.05) is 31.5 Å². The largest absolute Gasteiger partial charge is 0.332 e. The maximum Gasteiger partial charge on any atom is 0.332 e. The van der Waals surface area contributed by atoms with E-state index in [9.17, 15) is 14.9 Å². The third-order valence-electron chi connectivity index (χ3n) is 5.08. The van der Waals surface area contributed by atoms with Crippen molar-refractivity contribution >= 4 is 27.1 Å². The third-order valence-corrected chi connectivity index (χ3v) is 5.57. The zero-order valence-electron chi connectivity index (χ0n) is 16.5. The van der Waals surface area contributed by atoms with Crippen LogP contribution >= 0.6 is 15.9 Å². The van der Waals surface area contributed by atoms with Crippen LogP contribution in [0.1, 0.15) is 22.5 Å². The third kappa shape index (κ3) is 3.48. The lowest BCUT2D eigenvalue weighted by Gasteiger charge is -2.10. The van der Waals surface area contributed by atoms with Gasteiger partial charge in [0.25, 0.3) is 5.56 Å². The molecular weight excluding hydrogens is 446 g/mol. The molecule has 0 aliphatic rings. The lowest BCUT2D eigenvalue weighted by Crippen LogP contribution is -2.37. The molecule has 2 aromatic heterocycles. The summed E-state index contributed by atoms with van der Waals surface area (Å²) >= 11 is 3.48. The molecule has 4 aromatic rings. The fraction of sp³-hybridized carbons (Fsp3) is 0.182. The second kappa shape index (κ2) is 7.76. The molecule has 7 nitrogen and oxygen atoms in total. The van der Waals surface area contributed by atoms with E-state index in [0.29, 0.717) is 35.5 Å². The molecule has 8 heteroatoms. The molecule has 0 atom stereocenters. The highest BCUT2D eigenvalue weighted by molar-refractivity contribution is 9.10. The molecule has 0 spiro atoms. The van der Waals surface area contributed by atoms with Crippen LogP contribution in [0.3, 0.4) is 0 Å². The van der Waals surface area contributed by atoms with Crippen LogP contribution in [-0.2, 0) is 27.1 Å². The first-order valence-electron chi connectivity index (χ1n) is 9.27. The Morgan fingerprint density at radius 3 is 2.50 bits per heavy atom. The van der Waals surface area contributed by atoms with Gasteiger partial charge in [0.1, 0.15) is 5.82 Å². The normalized spacial score (nSPS) is 11.0. The topological polar surface area (TPSA) is 85.6 Å². The summed E-state index contributed by atoms with van der Waals surface area (Å²) in [6.45, 7) is 0.427. The Hall–Kier alpha value is -3.44. The summed E-state index contributed by atoms with van der Waals surface area (Å²) in [5, 5.41) is 9.19. The Bertz CT molecular complexity index is 1440. The number of nitriles is 1.